The molecule has 1 aromatic carbocycles. The monoisotopic (exact) mass is 406 g/mol. The second kappa shape index (κ2) is 7.96. The van der Waals surface area contributed by atoms with Crippen molar-refractivity contribution in [2.75, 3.05) is 11.9 Å². The quantitative estimate of drug-likeness (QED) is 0.474. The molecular weight excluding hydrogens is 384 g/mol. The topological polar surface area (TPSA) is 107 Å². The smallest absolute Gasteiger partial charge is 0.358 e. The number of carbonyl (C=O) groups is 1. The van der Waals surface area contributed by atoms with Crippen LogP contribution in [0.3, 0.4) is 0 Å². The number of benzene rings is 1. The van der Waals surface area contributed by atoms with Crippen LogP contribution in [0.15, 0.2) is 43.0 Å². The molecule has 154 valence electrons. The summed E-state index contributed by atoms with van der Waals surface area (Å²) in [6.07, 6.45) is 5.16. The molecule has 0 saturated carbocycles. The molecule has 0 aliphatic carbocycles. The van der Waals surface area contributed by atoms with Gasteiger partial charge in [-0.05, 0) is 50.6 Å². The first kappa shape index (κ1) is 19.6. The zero-order valence-corrected chi connectivity index (χ0v) is 17.0. The number of carbonyl (C=O) groups excluding carboxylic acids is 1. The Hall–Kier alpha value is -3.72. The van der Waals surface area contributed by atoms with Gasteiger partial charge in [-0.2, -0.15) is 5.10 Å². The van der Waals surface area contributed by atoms with Crippen molar-refractivity contribution >= 4 is 23.0 Å². The maximum Gasteiger partial charge on any atom is 0.358 e. The molecule has 9 heteroatoms. The molecule has 4 aromatic rings. The van der Waals surface area contributed by atoms with E-state index in [-0.39, 0.29) is 12.3 Å². The van der Waals surface area contributed by atoms with Gasteiger partial charge in [0.2, 0.25) is 0 Å². The molecule has 0 aliphatic heterocycles. The Morgan fingerprint density at radius 2 is 2.07 bits per heavy atom. The van der Waals surface area contributed by atoms with Crippen LogP contribution in [0.1, 0.15) is 34.4 Å². The summed E-state index contributed by atoms with van der Waals surface area (Å²) in [7, 11) is 0. The predicted molar refractivity (Wildman–Crippen MR) is 111 cm³/mol. The Labute approximate surface area is 173 Å². The molecule has 3 heterocycles. The van der Waals surface area contributed by atoms with Crippen molar-refractivity contribution in [2.24, 2.45) is 0 Å². The summed E-state index contributed by atoms with van der Waals surface area (Å²) in [5, 5.41) is 17.5. The lowest BCUT2D eigenvalue weighted by Gasteiger charge is -2.13. The Kier molecular flexibility index (Phi) is 5.20. The molecule has 9 nitrogen and oxygen atoms in total. The van der Waals surface area contributed by atoms with Crippen LogP contribution in [-0.2, 0) is 11.3 Å². The fraction of sp³-hybridized carbons (Fsp3) is 0.238. The molecule has 0 atom stereocenters. The van der Waals surface area contributed by atoms with Crippen molar-refractivity contribution in [3.63, 3.8) is 0 Å². The first-order chi connectivity index (χ1) is 14.5. The highest BCUT2D eigenvalue weighted by Gasteiger charge is 2.15. The van der Waals surface area contributed by atoms with Gasteiger partial charge in [0.1, 0.15) is 12.2 Å². The zero-order chi connectivity index (χ0) is 21.3. The van der Waals surface area contributed by atoms with Crippen LogP contribution < -0.4 is 5.32 Å². The number of rotatable bonds is 6. The molecule has 0 unspecified atom stereocenters. The third kappa shape index (κ3) is 3.74. The van der Waals surface area contributed by atoms with Gasteiger partial charge in [-0.1, -0.05) is 0 Å². The molecule has 2 N–H and O–H groups in total. The highest BCUT2D eigenvalue weighted by Crippen LogP contribution is 2.26. The Morgan fingerprint density at radius 3 is 2.77 bits per heavy atom. The van der Waals surface area contributed by atoms with Gasteiger partial charge in [0.05, 0.1) is 24.6 Å². The van der Waals surface area contributed by atoms with Crippen LogP contribution in [0.5, 0.6) is 0 Å². The molecule has 4 rings (SSSR count). The van der Waals surface area contributed by atoms with Crippen LogP contribution in [0, 0.1) is 13.8 Å². The van der Waals surface area contributed by atoms with Gasteiger partial charge in [-0.25, -0.2) is 19.4 Å². The summed E-state index contributed by atoms with van der Waals surface area (Å²) in [4.78, 5) is 20.6. The average molecular weight is 406 g/mol. The molecule has 3 aromatic heterocycles. The van der Waals surface area contributed by atoms with E-state index in [9.17, 15) is 9.90 Å². The predicted octanol–water partition coefficient (Wildman–Crippen LogP) is 2.94. The van der Waals surface area contributed by atoms with Gasteiger partial charge in [0.15, 0.2) is 11.3 Å². The normalized spacial score (nSPS) is 11.1. The molecular formula is C21H22N6O3. The third-order valence-corrected chi connectivity index (χ3v) is 4.55. The number of fused-ring (bicyclic) bond motifs is 1. The van der Waals surface area contributed by atoms with Gasteiger partial charge >= 0.3 is 5.97 Å². The highest BCUT2D eigenvalue weighted by atomic mass is 16.5. The lowest BCUT2D eigenvalue weighted by Crippen LogP contribution is -2.04. The van der Waals surface area contributed by atoms with Crippen LogP contribution in [-0.4, -0.2) is 41.8 Å². The molecule has 0 radical (unpaired) electrons. The number of nitrogens with zero attached hydrogens (tertiary/aromatic N) is 5. The number of hydrogen-bond acceptors (Lipinski definition) is 7. The van der Waals surface area contributed by atoms with Gasteiger partial charge in [-0.3, -0.25) is 0 Å². The molecule has 0 amide bonds. The fourth-order valence-electron chi connectivity index (χ4n) is 3.27. The summed E-state index contributed by atoms with van der Waals surface area (Å²) in [6, 6.07) is 7.55. The van der Waals surface area contributed by atoms with Crippen molar-refractivity contribution in [2.45, 2.75) is 27.4 Å². The van der Waals surface area contributed by atoms with E-state index in [1.165, 1.54) is 0 Å². The summed E-state index contributed by atoms with van der Waals surface area (Å²) in [5.41, 5.74) is 4.80. The van der Waals surface area contributed by atoms with E-state index in [1.807, 2.05) is 44.3 Å². The minimum Gasteiger partial charge on any atom is -0.461 e. The molecule has 0 bridgehead atoms. The molecule has 0 aliphatic rings. The van der Waals surface area contributed by atoms with Gasteiger partial charge < -0.3 is 19.6 Å². The van der Waals surface area contributed by atoms with Crippen molar-refractivity contribution in [3.05, 3.63) is 65.6 Å². The minimum atomic E-state index is -0.458. The number of aryl methyl sites for hydroxylation is 2. The number of aromatic nitrogens is 5. The number of esters is 1. The number of aliphatic hydroxyl groups is 1. The number of hydrogen-bond donors (Lipinski definition) is 2. The van der Waals surface area contributed by atoms with E-state index in [0.29, 0.717) is 23.6 Å². The number of aliphatic hydroxyl groups excluding tert-OH is 1. The molecule has 30 heavy (non-hydrogen) atoms. The van der Waals surface area contributed by atoms with Crippen LogP contribution in [0.25, 0.3) is 11.3 Å². The first-order valence-corrected chi connectivity index (χ1v) is 9.54. The Morgan fingerprint density at radius 1 is 1.23 bits per heavy atom. The standard InChI is InChI=1S/C21H22N6O3/c1-4-30-21(29)18-10-26-9-13(2)7-17(20(26)24-18)23-16-5-6-19(15(8-16)11-28)27-12-22-14(3)25-27/h5-10,12,23,28H,4,11H2,1-3H3. The maximum absolute atomic E-state index is 12.1. The maximum atomic E-state index is 12.1. The summed E-state index contributed by atoms with van der Waals surface area (Å²) >= 11 is 0. The molecule has 0 saturated heterocycles. The third-order valence-electron chi connectivity index (χ3n) is 4.55. The van der Waals surface area contributed by atoms with Gasteiger partial charge in [-0.15, -0.1) is 0 Å². The van der Waals surface area contributed by atoms with E-state index in [0.717, 1.165) is 22.6 Å². The van der Waals surface area contributed by atoms with Crippen LogP contribution in [0.4, 0.5) is 11.4 Å². The number of nitrogens with one attached hydrogen (secondary N) is 1. The Bertz CT molecular complexity index is 1230. The van der Waals surface area contributed by atoms with E-state index in [4.69, 9.17) is 4.74 Å². The van der Waals surface area contributed by atoms with Crippen molar-refractivity contribution in [3.8, 4) is 5.69 Å². The van der Waals surface area contributed by atoms with E-state index >= 15 is 0 Å². The lowest BCUT2D eigenvalue weighted by atomic mass is 10.1. The number of ether oxygens (including phenoxy) is 1. The summed E-state index contributed by atoms with van der Waals surface area (Å²) < 4.78 is 8.49. The summed E-state index contributed by atoms with van der Waals surface area (Å²) in [5.74, 6) is 0.194. The fourth-order valence-corrected chi connectivity index (χ4v) is 3.27. The largest absolute Gasteiger partial charge is 0.461 e. The molecule has 0 spiro atoms. The number of pyridine rings is 1. The highest BCUT2D eigenvalue weighted by molar-refractivity contribution is 5.89. The van der Waals surface area contributed by atoms with Crippen molar-refractivity contribution < 1.29 is 14.6 Å². The van der Waals surface area contributed by atoms with E-state index in [1.54, 1.807) is 28.5 Å². The molecule has 0 fully saturated rings. The minimum absolute atomic E-state index is 0.149. The van der Waals surface area contributed by atoms with E-state index in [2.05, 4.69) is 20.4 Å². The second-order valence-corrected chi connectivity index (χ2v) is 6.87. The Balaban J connectivity index is 1.70. The number of imidazole rings is 1. The van der Waals surface area contributed by atoms with Crippen LogP contribution in [0.2, 0.25) is 0 Å². The first-order valence-electron chi connectivity index (χ1n) is 9.54. The number of anilines is 2. The van der Waals surface area contributed by atoms with Crippen molar-refractivity contribution in [1.29, 1.82) is 0 Å². The van der Waals surface area contributed by atoms with Gasteiger partial charge in [0, 0.05) is 23.6 Å². The lowest BCUT2D eigenvalue weighted by molar-refractivity contribution is 0.0520. The zero-order valence-electron chi connectivity index (χ0n) is 17.0. The van der Waals surface area contributed by atoms with Crippen LogP contribution >= 0.6 is 0 Å². The van der Waals surface area contributed by atoms with Gasteiger partial charge in [0.25, 0.3) is 0 Å². The van der Waals surface area contributed by atoms with E-state index < -0.39 is 5.97 Å². The SMILES string of the molecule is CCOC(=O)c1cn2cc(C)cc(Nc3ccc(-n4cnc(C)n4)c(CO)c3)c2n1. The van der Waals surface area contributed by atoms with Crippen molar-refractivity contribution in [1.82, 2.24) is 24.1 Å². The summed E-state index contributed by atoms with van der Waals surface area (Å²) in [6.45, 7) is 5.67. The average Bonchev–Trinajstić information content (AvgIpc) is 3.34. The second-order valence-electron chi connectivity index (χ2n) is 6.87.